The van der Waals surface area contributed by atoms with Crippen molar-refractivity contribution in [2.75, 3.05) is 5.73 Å². The van der Waals surface area contributed by atoms with E-state index in [-0.39, 0.29) is 5.92 Å². The fourth-order valence-corrected chi connectivity index (χ4v) is 2.61. The highest BCUT2D eigenvalue weighted by atomic mass is 15.1. The predicted octanol–water partition coefficient (Wildman–Crippen LogP) is 2.11. The Morgan fingerprint density at radius 3 is 1.90 bits per heavy atom. The van der Waals surface area contributed by atoms with Crippen LogP contribution in [0.5, 0.6) is 0 Å². The van der Waals surface area contributed by atoms with Gasteiger partial charge < -0.3 is 14.9 Å². The van der Waals surface area contributed by atoms with Crippen LogP contribution in [-0.2, 0) is 20.5 Å². The van der Waals surface area contributed by atoms with Gasteiger partial charge in [0.05, 0.1) is 5.92 Å². The molecule has 0 saturated heterocycles. The molecule has 108 valence electrons. The van der Waals surface area contributed by atoms with Crippen LogP contribution >= 0.6 is 0 Å². The minimum atomic E-state index is 0.119. The van der Waals surface area contributed by atoms with E-state index in [1.165, 1.54) is 5.56 Å². The van der Waals surface area contributed by atoms with E-state index in [2.05, 4.69) is 31.2 Å². The van der Waals surface area contributed by atoms with Gasteiger partial charge >= 0.3 is 0 Å². The van der Waals surface area contributed by atoms with E-state index >= 15 is 0 Å². The summed E-state index contributed by atoms with van der Waals surface area (Å²) in [6, 6.07) is 7.99. The molecular weight excluding hydrogens is 262 g/mol. The van der Waals surface area contributed by atoms with Gasteiger partial charge in [-0.25, -0.2) is 9.97 Å². The minimum absolute atomic E-state index is 0.119. The maximum atomic E-state index is 5.76. The summed E-state index contributed by atoms with van der Waals surface area (Å²) < 4.78 is 4.10. The summed E-state index contributed by atoms with van der Waals surface area (Å²) in [6.45, 7) is 0. The molecular formula is C16H19N5. The van der Waals surface area contributed by atoms with Crippen molar-refractivity contribution in [3.63, 3.8) is 0 Å². The number of anilines is 1. The number of imidazole rings is 2. The van der Waals surface area contributed by atoms with Gasteiger partial charge in [0.15, 0.2) is 0 Å². The van der Waals surface area contributed by atoms with Crippen molar-refractivity contribution in [2.24, 2.45) is 14.1 Å². The molecule has 2 aromatic heterocycles. The van der Waals surface area contributed by atoms with Crippen LogP contribution in [0.2, 0.25) is 0 Å². The van der Waals surface area contributed by atoms with Crippen molar-refractivity contribution >= 4 is 5.69 Å². The lowest BCUT2D eigenvalue weighted by Crippen LogP contribution is -2.15. The Hall–Kier alpha value is -2.56. The van der Waals surface area contributed by atoms with E-state index in [9.17, 15) is 0 Å². The number of aromatic nitrogens is 4. The van der Waals surface area contributed by atoms with Crippen LogP contribution in [0, 0.1) is 0 Å². The Labute approximate surface area is 124 Å². The number of nitrogens with two attached hydrogens (primary N) is 1. The van der Waals surface area contributed by atoms with Crippen LogP contribution in [0.1, 0.15) is 23.1 Å². The Morgan fingerprint density at radius 1 is 0.952 bits per heavy atom. The summed E-state index contributed by atoms with van der Waals surface area (Å²) >= 11 is 0. The largest absolute Gasteiger partial charge is 0.399 e. The van der Waals surface area contributed by atoms with Gasteiger partial charge in [0.2, 0.25) is 0 Å². The van der Waals surface area contributed by atoms with E-state index in [1.54, 1.807) is 0 Å². The molecule has 0 spiro atoms. The molecule has 0 radical (unpaired) electrons. The van der Waals surface area contributed by atoms with Crippen LogP contribution in [0.4, 0.5) is 5.69 Å². The number of hydrogen-bond donors (Lipinski definition) is 1. The molecule has 0 amide bonds. The number of hydrogen-bond acceptors (Lipinski definition) is 3. The fraction of sp³-hybridized carbons (Fsp3) is 0.250. The molecule has 2 N–H and O–H groups in total. The zero-order valence-corrected chi connectivity index (χ0v) is 12.3. The highest BCUT2D eigenvalue weighted by Crippen LogP contribution is 2.26. The first-order valence-corrected chi connectivity index (χ1v) is 6.94. The van der Waals surface area contributed by atoms with Crippen molar-refractivity contribution in [3.8, 4) is 0 Å². The van der Waals surface area contributed by atoms with Gasteiger partial charge in [0.25, 0.3) is 0 Å². The Balaban J connectivity index is 1.99. The second-order valence-electron chi connectivity index (χ2n) is 5.29. The van der Waals surface area contributed by atoms with E-state index in [1.807, 2.05) is 51.0 Å². The maximum Gasteiger partial charge on any atom is 0.119 e. The minimum Gasteiger partial charge on any atom is -0.399 e. The van der Waals surface area contributed by atoms with Gasteiger partial charge in [0, 0.05) is 44.6 Å². The average Bonchev–Trinajstić information content (AvgIpc) is 3.07. The third kappa shape index (κ3) is 2.67. The molecule has 2 heterocycles. The highest BCUT2D eigenvalue weighted by Gasteiger charge is 2.22. The van der Waals surface area contributed by atoms with E-state index < -0.39 is 0 Å². The molecule has 3 aromatic rings. The maximum absolute atomic E-state index is 5.76. The highest BCUT2D eigenvalue weighted by molar-refractivity contribution is 5.40. The molecule has 0 fully saturated rings. The van der Waals surface area contributed by atoms with Gasteiger partial charge in [-0.15, -0.1) is 0 Å². The van der Waals surface area contributed by atoms with Gasteiger partial charge in [-0.2, -0.15) is 0 Å². The molecule has 3 rings (SSSR count). The third-order valence-corrected chi connectivity index (χ3v) is 3.76. The van der Waals surface area contributed by atoms with Crippen LogP contribution in [0.3, 0.4) is 0 Å². The molecule has 0 atom stereocenters. The van der Waals surface area contributed by atoms with Crippen LogP contribution < -0.4 is 5.73 Å². The average molecular weight is 281 g/mol. The smallest absolute Gasteiger partial charge is 0.119 e. The van der Waals surface area contributed by atoms with Gasteiger partial charge in [-0.3, -0.25) is 0 Å². The van der Waals surface area contributed by atoms with E-state index in [4.69, 9.17) is 5.73 Å². The number of benzene rings is 1. The molecule has 5 heteroatoms. The first-order valence-electron chi connectivity index (χ1n) is 6.94. The van der Waals surface area contributed by atoms with Crippen LogP contribution in [-0.4, -0.2) is 19.1 Å². The third-order valence-electron chi connectivity index (χ3n) is 3.76. The van der Waals surface area contributed by atoms with Gasteiger partial charge in [-0.1, -0.05) is 12.1 Å². The number of nitrogens with zero attached hydrogens (tertiary/aromatic N) is 4. The molecule has 0 aliphatic rings. The normalized spacial score (nSPS) is 11.2. The summed E-state index contributed by atoms with van der Waals surface area (Å²) in [5.74, 6) is 2.15. The van der Waals surface area contributed by atoms with Gasteiger partial charge in [-0.05, 0) is 24.1 Å². The Morgan fingerprint density at radius 2 is 1.48 bits per heavy atom. The zero-order valence-electron chi connectivity index (χ0n) is 12.3. The summed E-state index contributed by atoms with van der Waals surface area (Å²) in [7, 11) is 4.03. The second-order valence-corrected chi connectivity index (χ2v) is 5.29. The number of rotatable bonds is 4. The van der Waals surface area contributed by atoms with Crippen molar-refractivity contribution in [1.82, 2.24) is 19.1 Å². The lowest BCUT2D eigenvalue weighted by Gasteiger charge is -2.17. The zero-order chi connectivity index (χ0) is 14.8. The van der Waals surface area contributed by atoms with Gasteiger partial charge in [0.1, 0.15) is 11.6 Å². The lowest BCUT2D eigenvalue weighted by molar-refractivity contribution is 0.626. The molecule has 1 aromatic carbocycles. The van der Waals surface area contributed by atoms with E-state index in [0.29, 0.717) is 0 Å². The molecule has 0 aliphatic heterocycles. The SMILES string of the molecule is Cn1ccnc1C(Cc1ccc(N)cc1)c1nccn1C. The molecule has 0 aliphatic carbocycles. The first kappa shape index (κ1) is 13.4. The summed E-state index contributed by atoms with van der Waals surface area (Å²) in [5.41, 5.74) is 7.77. The second kappa shape index (κ2) is 5.44. The van der Waals surface area contributed by atoms with Crippen molar-refractivity contribution < 1.29 is 0 Å². The quantitative estimate of drug-likeness (QED) is 0.745. The number of aryl methyl sites for hydroxylation is 2. The summed E-state index contributed by atoms with van der Waals surface area (Å²) in [5, 5.41) is 0. The molecule has 0 saturated carbocycles. The summed E-state index contributed by atoms with van der Waals surface area (Å²) in [4.78, 5) is 9.02. The molecule has 5 nitrogen and oxygen atoms in total. The van der Waals surface area contributed by atoms with Crippen molar-refractivity contribution in [1.29, 1.82) is 0 Å². The number of nitrogen functional groups attached to an aromatic ring is 1. The monoisotopic (exact) mass is 281 g/mol. The van der Waals surface area contributed by atoms with E-state index in [0.717, 1.165) is 23.8 Å². The molecule has 21 heavy (non-hydrogen) atoms. The predicted molar refractivity (Wildman–Crippen MR) is 82.8 cm³/mol. The Bertz CT molecular complexity index is 683. The lowest BCUT2D eigenvalue weighted by atomic mass is 9.97. The van der Waals surface area contributed by atoms with Crippen LogP contribution in [0.25, 0.3) is 0 Å². The Kier molecular flexibility index (Phi) is 3.48. The van der Waals surface area contributed by atoms with Crippen LogP contribution in [0.15, 0.2) is 49.1 Å². The summed E-state index contributed by atoms with van der Waals surface area (Å²) in [6.07, 6.45) is 8.43. The molecule has 0 bridgehead atoms. The first-order chi connectivity index (χ1) is 10.1. The molecule has 0 unspecified atom stereocenters. The standard InChI is InChI=1S/C16H19N5/c1-20-9-7-18-15(20)14(16-19-8-10-21(16)2)11-12-3-5-13(17)6-4-12/h3-10,14H,11,17H2,1-2H3. The topological polar surface area (TPSA) is 61.7 Å². The fourth-order valence-electron chi connectivity index (χ4n) is 2.61. The van der Waals surface area contributed by atoms with Crippen molar-refractivity contribution in [3.05, 3.63) is 66.3 Å². The van der Waals surface area contributed by atoms with Crippen molar-refractivity contribution in [2.45, 2.75) is 12.3 Å².